The summed E-state index contributed by atoms with van der Waals surface area (Å²) in [6.07, 6.45) is 0. The summed E-state index contributed by atoms with van der Waals surface area (Å²) < 4.78 is 7.05. The molecule has 0 fully saturated rings. The molecular formula is C22H16N4O3S2. The number of benzene rings is 2. The van der Waals surface area contributed by atoms with Crippen LogP contribution >= 0.6 is 23.1 Å². The zero-order valence-corrected chi connectivity index (χ0v) is 18.1. The number of esters is 1. The van der Waals surface area contributed by atoms with Crippen molar-refractivity contribution in [3.05, 3.63) is 65.0 Å². The highest BCUT2D eigenvalue weighted by molar-refractivity contribution is 7.99. The fourth-order valence-electron chi connectivity index (χ4n) is 3.27. The van der Waals surface area contributed by atoms with Gasteiger partial charge >= 0.3 is 5.97 Å². The summed E-state index contributed by atoms with van der Waals surface area (Å²) in [5.74, 6) is -0.308. The number of hydrogen-bond acceptors (Lipinski definition) is 8. The molecule has 0 saturated carbocycles. The van der Waals surface area contributed by atoms with Crippen molar-refractivity contribution < 1.29 is 9.53 Å². The smallest absolute Gasteiger partial charge is 0.316 e. The van der Waals surface area contributed by atoms with E-state index in [9.17, 15) is 9.59 Å². The normalized spacial score (nSPS) is 11.4. The number of aromatic nitrogens is 4. The van der Waals surface area contributed by atoms with Crippen molar-refractivity contribution in [2.45, 2.75) is 12.1 Å². The molecule has 5 aromatic rings. The first-order valence-corrected chi connectivity index (χ1v) is 11.4. The molecule has 0 radical (unpaired) electrons. The van der Waals surface area contributed by atoms with E-state index in [4.69, 9.17) is 14.7 Å². The third kappa shape index (κ3) is 3.55. The maximum absolute atomic E-state index is 13.5. The van der Waals surface area contributed by atoms with Crippen LogP contribution in [0.4, 0.5) is 0 Å². The number of carbonyl (C=O) groups excluding carboxylic acids is 1. The average Bonchev–Trinajstić information content (AvgIpc) is 3.15. The number of hydrogen-bond donors (Lipinski definition) is 0. The monoisotopic (exact) mass is 448 g/mol. The van der Waals surface area contributed by atoms with Crippen LogP contribution in [0.25, 0.3) is 37.3 Å². The standard InChI is InChI=1S/C22H16N4O3S2/c1-2-29-16(27)12-30-22-25-17-18-20(24-15-11-7-6-10-14(15)23-18)31-19(17)21(28)26(22)13-8-4-3-5-9-13/h3-11H,2,12H2,1H3. The van der Waals surface area contributed by atoms with Crippen LogP contribution in [0.5, 0.6) is 0 Å². The van der Waals surface area contributed by atoms with Gasteiger partial charge in [-0.25, -0.2) is 15.0 Å². The SMILES string of the molecule is CCOC(=O)CSc1nc2c(sc3nc4ccccc4nc32)c(=O)n1-c1ccccc1. The Hall–Kier alpha value is -3.30. The maximum atomic E-state index is 13.5. The van der Waals surface area contributed by atoms with E-state index in [2.05, 4.69) is 4.98 Å². The zero-order valence-electron chi connectivity index (χ0n) is 16.4. The summed E-state index contributed by atoms with van der Waals surface area (Å²) in [6, 6.07) is 16.8. The van der Waals surface area contributed by atoms with Crippen LogP contribution in [0.1, 0.15) is 6.92 Å². The van der Waals surface area contributed by atoms with Gasteiger partial charge in [0.1, 0.15) is 20.6 Å². The molecule has 3 heterocycles. The highest BCUT2D eigenvalue weighted by atomic mass is 32.2. The quantitative estimate of drug-likeness (QED) is 0.226. The molecule has 0 amide bonds. The molecule has 0 aliphatic carbocycles. The Morgan fingerprint density at radius 3 is 2.45 bits per heavy atom. The van der Waals surface area contributed by atoms with Crippen molar-refractivity contribution in [1.82, 2.24) is 19.5 Å². The van der Waals surface area contributed by atoms with Crippen molar-refractivity contribution in [3.8, 4) is 5.69 Å². The Balaban J connectivity index is 1.76. The molecule has 0 N–H and O–H groups in total. The Bertz CT molecular complexity index is 1500. The number of para-hydroxylation sites is 3. The summed E-state index contributed by atoms with van der Waals surface area (Å²) >= 11 is 2.45. The van der Waals surface area contributed by atoms with Gasteiger partial charge in [0.05, 0.1) is 29.1 Å². The Morgan fingerprint density at radius 1 is 1.00 bits per heavy atom. The van der Waals surface area contributed by atoms with E-state index >= 15 is 0 Å². The Morgan fingerprint density at radius 2 is 1.71 bits per heavy atom. The maximum Gasteiger partial charge on any atom is 0.316 e. The molecule has 0 saturated heterocycles. The molecule has 31 heavy (non-hydrogen) atoms. The summed E-state index contributed by atoms with van der Waals surface area (Å²) in [4.78, 5) is 40.3. The average molecular weight is 449 g/mol. The predicted octanol–water partition coefficient (Wildman–Crippen LogP) is 4.20. The number of nitrogens with zero attached hydrogens (tertiary/aromatic N) is 4. The van der Waals surface area contributed by atoms with E-state index in [0.29, 0.717) is 38.0 Å². The summed E-state index contributed by atoms with van der Waals surface area (Å²) in [6.45, 7) is 2.06. The van der Waals surface area contributed by atoms with Crippen LogP contribution in [0.3, 0.4) is 0 Å². The van der Waals surface area contributed by atoms with Gasteiger partial charge in [-0.05, 0) is 31.2 Å². The first kappa shape index (κ1) is 19.7. The Labute approximate surface area is 184 Å². The summed E-state index contributed by atoms with van der Waals surface area (Å²) in [7, 11) is 0. The second-order valence-corrected chi connectivity index (χ2v) is 8.55. The lowest BCUT2D eigenvalue weighted by molar-refractivity contribution is -0.139. The van der Waals surface area contributed by atoms with Crippen molar-refractivity contribution in [2.24, 2.45) is 0 Å². The van der Waals surface area contributed by atoms with E-state index in [1.807, 2.05) is 54.6 Å². The molecule has 5 rings (SSSR count). The predicted molar refractivity (Wildman–Crippen MR) is 123 cm³/mol. The fraction of sp³-hybridized carbons (Fsp3) is 0.136. The van der Waals surface area contributed by atoms with Crippen molar-refractivity contribution in [2.75, 3.05) is 12.4 Å². The molecule has 0 aliphatic rings. The molecule has 2 aromatic carbocycles. The molecule has 154 valence electrons. The van der Waals surface area contributed by atoms with Crippen LogP contribution in [0, 0.1) is 0 Å². The topological polar surface area (TPSA) is 87.0 Å². The van der Waals surface area contributed by atoms with Crippen molar-refractivity contribution in [1.29, 1.82) is 0 Å². The summed E-state index contributed by atoms with van der Waals surface area (Å²) in [5.41, 5.74) is 3.07. The van der Waals surface area contributed by atoms with E-state index < -0.39 is 0 Å². The van der Waals surface area contributed by atoms with Gasteiger partial charge in [0, 0.05) is 0 Å². The third-order valence-corrected chi connectivity index (χ3v) is 6.57. The molecule has 3 aromatic heterocycles. The minimum atomic E-state index is -0.359. The van der Waals surface area contributed by atoms with Crippen LogP contribution in [0.2, 0.25) is 0 Å². The van der Waals surface area contributed by atoms with Gasteiger partial charge in [-0.3, -0.25) is 14.2 Å². The highest BCUT2D eigenvalue weighted by Gasteiger charge is 2.20. The number of thioether (sulfide) groups is 1. The van der Waals surface area contributed by atoms with Gasteiger partial charge < -0.3 is 4.74 Å². The minimum absolute atomic E-state index is 0.0509. The molecule has 0 aliphatic heterocycles. The lowest BCUT2D eigenvalue weighted by Crippen LogP contribution is -2.21. The van der Waals surface area contributed by atoms with Gasteiger partial charge in [0.25, 0.3) is 5.56 Å². The Kier molecular flexibility index (Phi) is 5.13. The first-order chi connectivity index (χ1) is 15.2. The molecular weight excluding hydrogens is 432 g/mol. The van der Waals surface area contributed by atoms with Crippen molar-refractivity contribution >= 4 is 60.7 Å². The van der Waals surface area contributed by atoms with E-state index in [-0.39, 0.29) is 17.3 Å². The molecule has 7 nitrogen and oxygen atoms in total. The van der Waals surface area contributed by atoms with E-state index in [1.165, 1.54) is 27.7 Å². The zero-order chi connectivity index (χ0) is 21.4. The van der Waals surface area contributed by atoms with Crippen LogP contribution in [-0.4, -0.2) is 37.8 Å². The van der Waals surface area contributed by atoms with Gasteiger partial charge in [-0.2, -0.15) is 0 Å². The van der Waals surface area contributed by atoms with Gasteiger partial charge in [0.2, 0.25) is 0 Å². The lowest BCUT2D eigenvalue weighted by atomic mass is 10.3. The number of carbonyl (C=O) groups is 1. The van der Waals surface area contributed by atoms with Gasteiger partial charge in [0.15, 0.2) is 5.16 Å². The number of thiophene rings is 1. The third-order valence-electron chi connectivity index (χ3n) is 4.61. The van der Waals surface area contributed by atoms with Crippen LogP contribution in [0.15, 0.2) is 64.5 Å². The molecule has 0 unspecified atom stereocenters. The van der Waals surface area contributed by atoms with E-state index in [0.717, 1.165) is 11.0 Å². The molecule has 9 heteroatoms. The first-order valence-electron chi connectivity index (χ1n) is 9.61. The minimum Gasteiger partial charge on any atom is -0.465 e. The molecule has 0 bridgehead atoms. The highest BCUT2D eigenvalue weighted by Crippen LogP contribution is 2.32. The van der Waals surface area contributed by atoms with E-state index in [1.54, 1.807) is 6.92 Å². The van der Waals surface area contributed by atoms with Gasteiger partial charge in [-0.15, -0.1) is 11.3 Å². The van der Waals surface area contributed by atoms with Gasteiger partial charge in [-0.1, -0.05) is 42.1 Å². The second kappa shape index (κ2) is 8.09. The number of ether oxygens (including phenoxy) is 1. The molecule has 0 atom stereocenters. The number of rotatable bonds is 5. The molecule has 0 spiro atoms. The summed E-state index contributed by atoms with van der Waals surface area (Å²) in [5, 5.41) is 0.409. The van der Waals surface area contributed by atoms with Crippen LogP contribution < -0.4 is 5.56 Å². The largest absolute Gasteiger partial charge is 0.465 e. The second-order valence-electron chi connectivity index (χ2n) is 6.61. The number of fused-ring (bicyclic) bond motifs is 4. The van der Waals surface area contributed by atoms with Crippen LogP contribution in [-0.2, 0) is 9.53 Å². The fourth-order valence-corrected chi connectivity index (χ4v) is 5.07. The lowest BCUT2D eigenvalue weighted by Gasteiger charge is -2.11. The van der Waals surface area contributed by atoms with Crippen molar-refractivity contribution in [3.63, 3.8) is 0 Å².